The zero-order valence-electron chi connectivity index (χ0n) is 27.6. The van der Waals surface area contributed by atoms with Crippen molar-refractivity contribution in [3.8, 4) is 68.0 Å². The summed E-state index contributed by atoms with van der Waals surface area (Å²) in [6, 6.07) is 42.7. The highest BCUT2D eigenvalue weighted by Crippen LogP contribution is 2.41. The third kappa shape index (κ3) is 5.36. The van der Waals surface area contributed by atoms with Gasteiger partial charge in [-0.15, -0.1) is 0 Å². The lowest BCUT2D eigenvalue weighted by atomic mass is 9.89. The zero-order valence-corrected chi connectivity index (χ0v) is 27.6. The van der Waals surface area contributed by atoms with E-state index in [1.807, 2.05) is 54.7 Å². The van der Waals surface area contributed by atoms with E-state index < -0.39 is 0 Å². The number of hydrogen-bond donors (Lipinski definition) is 0. The summed E-state index contributed by atoms with van der Waals surface area (Å²) in [6.07, 6.45) is 10.7. The molecule has 9 rings (SSSR count). The fourth-order valence-corrected chi connectivity index (χ4v) is 6.96. The molecule has 7 nitrogen and oxygen atoms in total. The second-order valence-corrected chi connectivity index (χ2v) is 12.4. The van der Waals surface area contributed by atoms with Crippen LogP contribution in [0.15, 0.2) is 152 Å². The number of pyridine rings is 5. The molecular weight excluding hydrogens is 639 g/mol. The van der Waals surface area contributed by atoms with Gasteiger partial charge in [-0.05, 0) is 118 Å². The van der Waals surface area contributed by atoms with E-state index >= 15 is 0 Å². The van der Waals surface area contributed by atoms with E-state index in [-0.39, 0.29) is 0 Å². The molecule has 0 N–H and O–H groups in total. The first-order valence-corrected chi connectivity index (χ1v) is 16.7. The van der Waals surface area contributed by atoms with E-state index in [4.69, 9.17) is 15.0 Å². The van der Waals surface area contributed by atoms with Crippen molar-refractivity contribution in [2.24, 2.45) is 0 Å². The topological polar surface area (TPSA) is 112 Å². The minimum Gasteiger partial charge on any atom is -0.265 e. The molecule has 52 heavy (non-hydrogen) atoms. The molecule has 0 radical (unpaired) electrons. The van der Waals surface area contributed by atoms with Crippen molar-refractivity contribution in [1.29, 1.82) is 10.5 Å². The minimum absolute atomic E-state index is 0.426. The van der Waals surface area contributed by atoms with Gasteiger partial charge in [-0.2, -0.15) is 10.5 Å². The summed E-state index contributed by atoms with van der Waals surface area (Å²) in [6.45, 7) is 0. The molecule has 9 aromatic rings. The van der Waals surface area contributed by atoms with Crippen molar-refractivity contribution in [1.82, 2.24) is 24.9 Å². The molecule has 0 bridgehead atoms. The van der Waals surface area contributed by atoms with Gasteiger partial charge in [0.1, 0.15) is 0 Å². The third-order valence-corrected chi connectivity index (χ3v) is 9.36. The normalized spacial score (nSPS) is 11.0. The average Bonchev–Trinajstić information content (AvgIpc) is 3.23. The van der Waals surface area contributed by atoms with Crippen molar-refractivity contribution >= 4 is 32.6 Å². The maximum absolute atomic E-state index is 9.73. The molecule has 0 aliphatic rings. The summed E-state index contributed by atoms with van der Waals surface area (Å²) in [5, 5.41) is 23.5. The van der Waals surface area contributed by atoms with Gasteiger partial charge in [-0.3, -0.25) is 19.9 Å². The molecule has 0 atom stereocenters. The van der Waals surface area contributed by atoms with Crippen LogP contribution in [0.1, 0.15) is 11.1 Å². The number of nitriles is 2. The number of aromatic nitrogens is 5. The first kappa shape index (κ1) is 30.4. The Labute approximate surface area is 298 Å². The second-order valence-electron chi connectivity index (χ2n) is 12.4. The highest BCUT2D eigenvalue weighted by Gasteiger charge is 2.17. The number of benzene rings is 4. The molecule has 4 aromatic carbocycles. The lowest BCUT2D eigenvalue weighted by Crippen LogP contribution is -1.93. The largest absolute Gasteiger partial charge is 0.265 e. The third-order valence-electron chi connectivity index (χ3n) is 9.36. The monoisotopic (exact) mass is 663 g/mol. The van der Waals surface area contributed by atoms with Crippen LogP contribution < -0.4 is 0 Å². The van der Waals surface area contributed by atoms with Gasteiger partial charge >= 0.3 is 0 Å². The van der Waals surface area contributed by atoms with Gasteiger partial charge in [0.2, 0.25) is 0 Å². The lowest BCUT2D eigenvalue weighted by molar-refractivity contribution is 1.27. The predicted molar refractivity (Wildman–Crippen MR) is 205 cm³/mol. The molecule has 0 aliphatic heterocycles. The molecule has 7 heteroatoms. The Morgan fingerprint density at radius 3 is 1.44 bits per heavy atom. The molecule has 0 saturated carbocycles. The van der Waals surface area contributed by atoms with Crippen molar-refractivity contribution in [3.05, 3.63) is 164 Å². The van der Waals surface area contributed by atoms with E-state index in [1.54, 1.807) is 37.1 Å². The Hall–Kier alpha value is -7.61. The summed E-state index contributed by atoms with van der Waals surface area (Å²) < 4.78 is 0. The van der Waals surface area contributed by atoms with Crippen LogP contribution in [-0.4, -0.2) is 24.9 Å². The molecule has 0 saturated heterocycles. The van der Waals surface area contributed by atoms with Crippen LogP contribution in [0.4, 0.5) is 0 Å². The summed E-state index contributed by atoms with van der Waals surface area (Å²) in [5.41, 5.74) is 11.9. The number of rotatable bonds is 5. The van der Waals surface area contributed by atoms with Crippen LogP contribution in [0.3, 0.4) is 0 Å². The summed E-state index contributed by atoms with van der Waals surface area (Å²) in [7, 11) is 0. The molecule has 5 aromatic heterocycles. The molecular formula is C45H25N7. The van der Waals surface area contributed by atoms with Crippen LogP contribution in [0.25, 0.3) is 88.5 Å². The van der Waals surface area contributed by atoms with Crippen LogP contribution in [0, 0.1) is 22.7 Å². The van der Waals surface area contributed by atoms with Gasteiger partial charge in [0.25, 0.3) is 0 Å². The highest BCUT2D eigenvalue weighted by atomic mass is 14.7. The molecule has 5 heterocycles. The second kappa shape index (κ2) is 12.7. The lowest BCUT2D eigenvalue weighted by Gasteiger charge is -2.16. The van der Waals surface area contributed by atoms with Gasteiger partial charge in [0.05, 0.1) is 45.7 Å². The number of nitrogens with zero attached hydrogens (tertiary/aromatic N) is 7. The maximum atomic E-state index is 9.73. The van der Waals surface area contributed by atoms with Crippen molar-refractivity contribution in [2.45, 2.75) is 0 Å². The van der Waals surface area contributed by atoms with E-state index in [0.717, 1.165) is 88.5 Å². The van der Waals surface area contributed by atoms with Gasteiger partial charge < -0.3 is 0 Å². The average molecular weight is 664 g/mol. The van der Waals surface area contributed by atoms with E-state index in [0.29, 0.717) is 11.1 Å². The first-order valence-electron chi connectivity index (χ1n) is 16.7. The Balaban J connectivity index is 1.26. The van der Waals surface area contributed by atoms with Crippen molar-refractivity contribution < 1.29 is 0 Å². The fourth-order valence-electron chi connectivity index (χ4n) is 6.96. The minimum atomic E-state index is 0.426. The van der Waals surface area contributed by atoms with E-state index in [1.165, 1.54) is 0 Å². The Morgan fingerprint density at radius 1 is 0.385 bits per heavy atom. The highest BCUT2D eigenvalue weighted by molar-refractivity contribution is 6.22. The smallest absolute Gasteiger partial charge is 0.0992 e. The maximum Gasteiger partial charge on any atom is 0.0992 e. The first-order chi connectivity index (χ1) is 25.7. The molecule has 240 valence electrons. The Kier molecular flexibility index (Phi) is 7.43. The number of hydrogen-bond acceptors (Lipinski definition) is 7. The molecule has 0 unspecified atom stereocenters. The van der Waals surface area contributed by atoms with Crippen molar-refractivity contribution in [3.63, 3.8) is 0 Å². The molecule has 0 spiro atoms. The van der Waals surface area contributed by atoms with Gasteiger partial charge in [0, 0.05) is 70.2 Å². The quantitative estimate of drug-likeness (QED) is 0.168. The van der Waals surface area contributed by atoms with Gasteiger partial charge in [-0.25, -0.2) is 4.98 Å². The van der Waals surface area contributed by atoms with Gasteiger partial charge in [-0.1, -0.05) is 30.3 Å². The number of fused-ring (bicyclic) bond motifs is 5. The van der Waals surface area contributed by atoms with Crippen LogP contribution in [-0.2, 0) is 0 Å². The van der Waals surface area contributed by atoms with Crippen LogP contribution in [0.2, 0.25) is 0 Å². The van der Waals surface area contributed by atoms with Crippen LogP contribution in [0.5, 0.6) is 0 Å². The van der Waals surface area contributed by atoms with Gasteiger partial charge in [0.15, 0.2) is 0 Å². The zero-order chi connectivity index (χ0) is 35.0. The standard InChI is InChI=1S/C45H25N7/c46-26-28-18-29(27-47)20-35(19-28)39-25-41-36-6-2-12-50-44(36)38(24-40(41)37-7-3-13-51-45(37)39)33-5-1-4-32(21-33)34-22-42(30-8-14-48-15-9-30)52-43(23-34)31-10-16-49-17-11-31/h1-25H. The van der Waals surface area contributed by atoms with E-state index in [9.17, 15) is 10.5 Å². The molecule has 0 amide bonds. The SMILES string of the molecule is N#Cc1cc(C#N)cc(-c2cc3c4cccnc4c(-c4cccc(-c5cc(-c6ccncc6)nc(-c6ccncc6)c5)c4)cc3c3cccnc23)c1. The van der Waals surface area contributed by atoms with E-state index in [2.05, 4.69) is 82.8 Å². The van der Waals surface area contributed by atoms with Crippen LogP contribution >= 0.6 is 0 Å². The van der Waals surface area contributed by atoms with Crippen molar-refractivity contribution in [2.75, 3.05) is 0 Å². The Bertz CT molecular complexity index is 2840. The summed E-state index contributed by atoms with van der Waals surface area (Å²) in [4.78, 5) is 23.2. The molecule has 0 fully saturated rings. The summed E-state index contributed by atoms with van der Waals surface area (Å²) >= 11 is 0. The molecule has 0 aliphatic carbocycles. The fraction of sp³-hybridized carbons (Fsp3) is 0. The summed E-state index contributed by atoms with van der Waals surface area (Å²) in [5.74, 6) is 0. The predicted octanol–water partition coefficient (Wildman–Crippen LogP) is 10.2. The Morgan fingerprint density at radius 2 is 0.904 bits per heavy atom.